The van der Waals surface area contributed by atoms with E-state index in [1.807, 2.05) is 13.0 Å². The van der Waals surface area contributed by atoms with Crippen LogP contribution in [0.1, 0.15) is 18.9 Å². The normalized spacial score (nSPS) is 12.2. The number of nitrogens with one attached hydrogen (secondary N) is 1. The van der Waals surface area contributed by atoms with E-state index in [0.29, 0.717) is 47.5 Å². The Balaban J connectivity index is 1.81. The minimum Gasteiger partial charge on any atom is -0.382 e. The van der Waals surface area contributed by atoms with Gasteiger partial charge in [0.05, 0.1) is 20.0 Å². The summed E-state index contributed by atoms with van der Waals surface area (Å²) in [5.74, 6) is -0.609. The molecule has 210 valence electrons. The topological polar surface area (TPSA) is 158 Å². The van der Waals surface area contributed by atoms with Gasteiger partial charge in [-0.25, -0.2) is 0 Å². The number of nitro benzene ring substituents is 1. The van der Waals surface area contributed by atoms with Gasteiger partial charge >= 0.3 is 0 Å². The summed E-state index contributed by atoms with van der Waals surface area (Å²) in [6.07, 6.45) is 3.57. The average molecular weight is 592 g/mol. The zero-order chi connectivity index (χ0) is 29.4. The highest BCUT2D eigenvalue weighted by molar-refractivity contribution is 7.99. The number of carbonyl (C=O) groups excluding carboxylic acids is 1. The summed E-state index contributed by atoms with van der Waals surface area (Å²) in [4.78, 5) is 38.3. The van der Waals surface area contributed by atoms with Crippen molar-refractivity contribution in [3.63, 3.8) is 0 Å². The predicted molar refractivity (Wildman–Crippen MR) is 154 cm³/mol. The van der Waals surface area contributed by atoms with Crippen molar-refractivity contribution in [2.24, 2.45) is 7.05 Å². The van der Waals surface area contributed by atoms with Gasteiger partial charge in [-0.2, -0.15) is 5.26 Å². The summed E-state index contributed by atoms with van der Waals surface area (Å²) >= 11 is 2.06. The number of amides is 1. The molecule has 0 bridgehead atoms. The first kappa shape index (κ1) is 29.4. The molecule has 0 spiro atoms. The van der Waals surface area contributed by atoms with Crippen molar-refractivity contribution in [3.8, 4) is 11.8 Å². The van der Waals surface area contributed by atoms with Gasteiger partial charge in [0.25, 0.3) is 17.2 Å². The molecule has 14 heteroatoms. The van der Waals surface area contributed by atoms with Crippen molar-refractivity contribution in [1.82, 2.24) is 24.6 Å². The van der Waals surface area contributed by atoms with Crippen LogP contribution < -0.4 is 20.1 Å². The summed E-state index contributed by atoms with van der Waals surface area (Å²) in [5, 5.41) is 32.7. The number of nitro groups is 1. The zero-order valence-electron chi connectivity index (χ0n) is 22.1. The first-order valence-electron chi connectivity index (χ1n) is 12.4. The first-order valence-corrected chi connectivity index (χ1v) is 14.1. The third-order valence-electron chi connectivity index (χ3n) is 5.69. The van der Waals surface area contributed by atoms with E-state index in [2.05, 4.69) is 15.5 Å². The lowest BCUT2D eigenvalue weighted by Gasteiger charge is -2.06. The summed E-state index contributed by atoms with van der Waals surface area (Å²) in [6, 6.07) is 15.2. The number of rotatable bonds is 11. The number of ether oxygens (including phenoxy) is 1. The standard InChI is InChI=1S/C27H25N7O5S2/c1-3-39-13-7-12-29-24(35)20(16-28)26-33(19-8-5-4-6-9-19)25(36)23(40-26)15-18-10-11-22(21(14-18)34(37)38)41-27-31-30-17-32(27)2/h4-6,8-11,14-15,17H,3,7,12-13H2,1-2H3,(H,29,35)/b23-15-,26-20+. The Hall–Kier alpha value is -4.58. The monoisotopic (exact) mass is 591 g/mol. The number of benzene rings is 2. The number of nitrogens with zero attached hydrogens (tertiary/aromatic N) is 6. The highest BCUT2D eigenvalue weighted by Crippen LogP contribution is 2.34. The Kier molecular flexibility index (Phi) is 9.80. The quantitative estimate of drug-likeness (QED) is 0.157. The van der Waals surface area contributed by atoms with Gasteiger partial charge in [0.15, 0.2) is 10.7 Å². The molecule has 0 aliphatic heterocycles. The molecule has 12 nitrogen and oxygen atoms in total. The number of para-hydroxylation sites is 1. The molecule has 0 saturated heterocycles. The largest absolute Gasteiger partial charge is 0.382 e. The number of aryl methyl sites for hydroxylation is 1. The van der Waals surface area contributed by atoms with Crippen molar-refractivity contribution in [2.75, 3.05) is 19.8 Å². The second kappa shape index (κ2) is 13.7. The maximum absolute atomic E-state index is 13.6. The molecule has 0 saturated carbocycles. The molecule has 41 heavy (non-hydrogen) atoms. The fraction of sp³-hybridized carbons (Fsp3) is 0.222. The Morgan fingerprint density at radius 1 is 1.29 bits per heavy atom. The highest BCUT2D eigenvalue weighted by atomic mass is 32.2. The Morgan fingerprint density at radius 2 is 2.07 bits per heavy atom. The molecule has 4 aromatic rings. The van der Waals surface area contributed by atoms with Crippen LogP contribution in [0, 0.1) is 21.4 Å². The van der Waals surface area contributed by atoms with E-state index in [0.717, 1.165) is 23.1 Å². The summed E-state index contributed by atoms with van der Waals surface area (Å²) in [7, 11) is 1.73. The number of nitriles is 1. The lowest BCUT2D eigenvalue weighted by molar-refractivity contribution is -0.387. The van der Waals surface area contributed by atoms with Crippen molar-refractivity contribution >= 4 is 46.3 Å². The van der Waals surface area contributed by atoms with Crippen LogP contribution >= 0.6 is 23.1 Å². The van der Waals surface area contributed by atoms with E-state index in [4.69, 9.17) is 4.74 Å². The molecule has 0 aliphatic carbocycles. The van der Waals surface area contributed by atoms with E-state index < -0.39 is 16.4 Å². The molecule has 0 atom stereocenters. The minimum atomic E-state index is -0.609. The van der Waals surface area contributed by atoms with Crippen LogP contribution in [-0.4, -0.2) is 49.9 Å². The Labute approximate surface area is 242 Å². The second-order valence-electron chi connectivity index (χ2n) is 8.50. The van der Waals surface area contributed by atoms with E-state index >= 15 is 0 Å². The van der Waals surface area contributed by atoms with E-state index in [-0.39, 0.29) is 20.5 Å². The van der Waals surface area contributed by atoms with Gasteiger partial charge in [0, 0.05) is 32.9 Å². The molecule has 0 aliphatic rings. The first-order chi connectivity index (χ1) is 19.8. The SMILES string of the molecule is CCOCCCNC(=O)/C(C#N)=c1/s/c(=C\c2ccc(Sc3nncn3C)c([N+](=O)[O-])c2)c(=O)n1-c1ccccc1. The predicted octanol–water partition coefficient (Wildman–Crippen LogP) is 2.13. The van der Waals surface area contributed by atoms with Crippen molar-refractivity contribution < 1.29 is 14.5 Å². The van der Waals surface area contributed by atoms with Crippen molar-refractivity contribution in [2.45, 2.75) is 23.4 Å². The lowest BCUT2D eigenvalue weighted by Crippen LogP contribution is -2.34. The molecule has 1 N–H and O–H groups in total. The van der Waals surface area contributed by atoms with E-state index in [1.165, 1.54) is 23.0 Å². The summed E-state index contributed by atoms with van der Waals surface area (Å²) < 4.78 is 8.58. The van der Waals surface area contributed by atoms with Crippen LogP contribution in [0.15, 0.2) is 69.7 Å². The third kappa shape index (κ3) is 6.95. The van der Waals surface area contributed by atoms with E-state index in [9.17, 15) is 25.0 Å². The fourth-order valence-electron chi connectivity index (χ4n) is 3.73. The van der Waals surface area contributed by atoms with Gasteiger partial charge in [0.2, 0.25) is 0 Å². The van der Waals surface area contributed by atoms with Gasteiger partial charge < -0.3 is 14.6 Å². The molecule has 4 rings (SSSR count). The number of carbonyl (C=O) groups is 1. The molecule has 2 aromatic heterocycles. The Morgan fingerprint density at radius 3 is 2.73 bits per heavy atom. The molecule has 0 radical (unpaired) electrons. The van der Waals surface area contributed by atoms with Crippen LogP contribution in [0.4, 0.5) is 5.69 Å². The molecule has 2 heterocycles. The van der Waals surface area contributed by atoms with Gasteiger partial charge in [-0.15, -0.1) is 21.5 Å². The second-order valence-corrected chi connectivity index (χ2v) is 10.5. The smallest absolute Gasteiger partial charge is 0.283 e. The fourth-order valence-corrected chi connectivity index (χ4v) is 5.69. The van der Waals surface area contributed by atoms with Crippen LogP contribution in [-0.2, 0) is 16.6 Å². The molecular formula is C27H25N7O5S2. The molecule has 0 fully saturated rings. The van der Waals surface area contributed by atoms with Crippen LogP contribution in [0.2, 0.25) is 0 Å². The van der Waals surface area contributed by atoms with Gasteiger partial charge in [0.1, 0.15) is 17.1 Å². The van der Waals surface area contributed by atoms with Crippen LogP contribution in [0.3, 0.4) is 0 Å². The Bertz CT molecular complexity index is 1790. The lowest BCUT2D eigenvalue weighted by atomic mass is 10.2. The molecular weight excluding hydrogens is 566 g/mol. The minimum absolute atomic E-state index is 0.154. The number of thiazole rings is 1. The maximum atomic E-state index is 13.6. The van der Waals surface area contributed by atoms with Crippen LogP contribution in [0.25, 0.3) is 17.3 Å². The van der Waals surface area contributed by atoms with Gasteiger partial charge in [-0.1, -0.05) is 24.3 Å². The number of hydrogen-bond acceptors (Lipinski definition) is 10. The maximum Gasteiger partial charge on any atom is 0.283 e. The third-order valence-corrected chi connectivity index (χ3v) is 7.90. The van der Waals surface area contributed by atoms with E-state index in [1.54, 1.807) is 54.1 Å². The van der Waals surface area contributed by atoms with Gasteiger partial charge in [-0.3, -0.25) is 24.3 Å². The van der Waals surface area contributed by atoms with Gasteiger partial charge in [-0.05, 0) is 54.9 Å². The van der Waals surface area contributed by atoms with Crippen molar-refractivity contribution in [1.29, 1.82) is 5.26 Å². The number of hydrogen-bond donors (Lipinski definition) is 1. The zero-order valence-corrected chi connectivity index (χ0v) is 23.8. The van der Waals surface area contributed by atoms with Crippen LogP contribution in [0.5, 0.6) is 0 Å². The molecule has 2 aromatic carbocycles. The average Bonchev–Trinajstić information content (AvgIpc) is 3.51. The molecule has 0 unspecified atom stereocenters. The highest BCUT2D eigenvalue weighted by Gasteiger charge is 2.19. The van der Waals surface area contributed by atoms with Crippen molar-refractivity contribution in [3.05, 3.63) is 90.1 Å². The molecule has 1 amide bonds. The summed E-state index contributed by atoms with van der Waals surface area (Å²) in [5.41, 5.74) is 0.0361. The summed E-state index contributed by atoms with van der Waals surface area (Å²) in [6.45, 7) is 3.20. The number of aromatic nitrogens is 4.